The summed E-state index contributed by atoms with van der Waals surface area (Å²) in [7, 11) is 1.58. The van der Waals surface area contributed by atoms with Crippen LogP contribution in [-0.2, 0) is 9.47 Å². The predicted molar refractivity (Wildman–Crippen MR) is 71.1 cm³/mol. The van der Waals surface area contributed by atoms with E-state index in [4.69, 9.17) is 19.5 Å². The van der Waals surface area contributed by atoms with E-state index in [1.807, 2.05) is 19.9 Å². The summed E-state index contributed by atoms with van der Waals surface area (Å²) in [6.45, 7) is 4.81. The molecule has 5 nitrogen and oxygen atoms in total. The molecule has 0 atom stereocenters. The molecule has 1 N–H and O–H groups in total. The Morgan fingerprint density at radius 1 is 1.37 bits per heavy atom. The highest BCUT2D eigenvalue weighted by molar-refractivity contribution is 5.66. The van der Waals surface area contributed by atoms with Crippen molar-refractivity contribution in [3.05, 3.63) is 23.8 Å². The molecule has 0 amide bonds. The molecule has 1 fully saturated rings. The van der Waals surface area contributed by atoms with Crippen LogP contribution < -0.4 is 10.1 Å². The third-order valence-corrected chi connectivity index (χ3v) is 2.98. The van der Waals surface area contributed by atoms with E-state index >= 15 is 0 Å². The Bertz CT molecular complexity index is 484. The molecular formula is C14H18N2O3. The predicted octanol–water partition coefficient (Wildman–Crippen LogP) is 2.13. The molecule has 1 aromatic carbocycles. The van der Waals surface area contributed by atoms with Crippen LogP contribution in [0.15, 0.2) is 18.2 Å². The second-order valence-corrected chi connectivity index (χ2v) is 4.86. The second-order valence-electron chi connectivity index (χ2n) is 4.86. The molecule has 0 aromatic heterocycles. The Labute approximate surface area is 113 Å². The van der Waals surface area contributed by atoms with Crippen molar-refractivity contribution in [2.45, 2.75) is 25.7 Å². The third kappa shape index (κ3) is 3.16. The molecule has 0 saturated carbocycles. The summed E-state index contributed by atoms with van der Waals surface area (Å²) in [6, 6.07) is 7.51. The summed E-state index contributed by atoms with van der Waals surface area (Å²) in [6.07, 6.45) is 0. The minimum absolute atomic E-state index is 0.00331. The lowest BCUT2D eigenvalue weighted by Gasteiger charge is -2.35. The largest absolute Gasteiger partial charge is 0.495 e. The van der Waals surface area contributed by atoms with Crippen molar-refractivity contribution in [3.8, 4) is 11.8 Å². The van der Waals surface area contributed by atoms with Gasteiger partial charge in [0, 0.05) is 0 Å². The van der Waals surface area contributed by atoms with Gasteiger partial charge in [0.2, 0.25) is 0 Å². The van der Waals surface area contributed by atoms with E-state index < -0.39 is 5.79 Å². The molecule has 2 rings (SSSR count). The van der Waals surface area contributed by atoms with Crippen molar-refractivity contribution in [1.82, 2.24) is 0 Å². The fourth-order valence-corrected chi connectivity index (χ4v) is 1.92. The van der Waals surface area contributed by atoms with Gasteiger partial charge in [0.1, 0.15) is 11.8 Å². The number of hydrogen-bond acceptors (Lipinski definition) is 5. The first-order valence-corrected chi connectivity index (χ1v) is 6.17. The molecule has 0 aliphatic carbocycles. The van der Waals surface area contributed by atoms with Crippen LogP contribution in [0.5, 0.6) is 5.75 Å². The van der Waals surface area contributed by atoms with Crippen molar-refractivity contribution in [2.24, 2.45) is 0 Å². The number of hydrogen-bond donors (Lipinski definition) is 1. The second kappa shape index (κ2) is 5.47. The number of nitriles is 1. The zero-order valence-electron chi connectivity index (χ0n) is 11.4. The zero-order chi connectivity index (χ0) is 13.9. The average molecular weight is 262 g/mol. The van der Waals surface area contributed by atoms with Crippen LogP contribution in [-0.4, -0.2) is 32.2 Å². The summed E-state index contributed by atoms with van der Waals surface area (Å²) in [4.78, 5) is 0. The molecule has 1 saturated heterocycles. The molecule has 1 aliphatic rings. The van der Waals surface area contributed by atoms with Gasteiger partial charge in [-0.1, -0.05) is 6.07 Å². The molecule has 1 aromatic rings. The Morgan fingerprint density at radius 2 is 2.05 bits per heavy atom. The molecule has 1 heterocycles. The van der Waals surface area contributed by atoms with Crippen molar-refractivity contribution in [2.75, 3.05) is 25.6 Å². The van der Waals surface area contributed by atoms with Gasteiger partial charge in [0.05, 0.1) is 37.6 Å². The van der Waals surface area contributed by atoms with Crippen molar-refractivity contribution in [1.29, 1.82) is 5.26 Å². The van der Waals surface area contributed by atoms with Crippen LogP contribution in [0.4, 0.5) is 5.69 Å². The number of ether oxygens (including phenoxy) is 3. The summed E-state index contributed by atoms with van der Waals surface area (Å²) < 4.78 is 16.5. The monoisotopic (exact) mass is 262 g/mol. The molecule has 1 aliphatic heterocycles. The molecule has 102 valence electrons. The van der Waals surface area contributed by atoms with Crippen LogP contribution in [0, 0.1) is 11.3 Å². The number of nitrogens with zero attached hydrogens (tertiary/aromatic N) is 1. The van der Waals surface area contributed by atoms with Crippen molar-refractivity contribution < 1.29 is 14.2 Å². The van der Waals surface area contributed by atoms with Gasteiger partial charge < -0.3 is 19.5 Å². The lowest BCUT2D eigenvalue weighted by molar-refractivity contribution is -0.247. The van der Waals surface area contributed by atoms with E-state index in [0.717, 1.165) is 0 Å². The van der Waals surface area contributed by atoms with E-state index in [1.54, 1.807) is 19.2 Å². The summed E-state index contributed by atoms with van der Waals surface area (Å²) in [5.41, 5.74) is 1.23. The summed E-state index contributed by atoms with van der Waals surface area (Å²) in [5, 5.41) is 12.4. The summed E-state index contributed by atoms with van der Waals surface area (Å²) >= 11 is 0. The first-order chi connectivity index (χ1) is 9.05. The highest BCUT2D eigenvalue weighted by atomic mass is 16.7. The molecular weight excluding hydrogens is 244 g/mol. The van der Waals surface area contributed by atoms with E-state index in [0.29, 0.717) is 30.2 Å². The minimum atomic E-state index is -0.545. The van der Waals surface area contributed by atoms with E-state index in [9.17, 15) is 0 Å². The van der Waals surface area contributed by atoms with Gasteiger partial charge in [-0.15, -0.1) is 0 Å². The van der Waals surface area contributed by atoms with Gasteiger partial charge in [-0.05, 0) is 26.0 Å². The van der Waals surface area contributed by atoms with Crippen LogP contribution in [0.2, 0.25) is 0 Å². The summed E-state index contributed by atoms with van der Waals surface area (Å²) in [5.74, 6) is 0.0979. The highest BCUT2D eigenvalue weighted by Crippen LogP contribution is 2.29. The van der Waals surface area contributed by atoms with Gasteiger partial charge in [0.25, 0.3) is 0 Å². The van der Waals surface area contributed by atoms with Crippen molar-refractivity contribution in [3.63, 3.8) is 0 Å². The van der Waals surface area contributed by atoms with Gasteiger partial charge >= 0.3 is 0 Å². The standard InChI is InChI=1S/C14H18N2O3/c1-14(2)18-8-11(9-19-14)16-13-10(7-15)5-4-6-12(13)17-3/h4-6,11,16H,8-9H2,1-3H3. The SMILES string of the molecule is COc1cccc(C#N)c1NC1COC(C)(C)OC1. The van der Waals surface area contributed by atoms with Crippen LogP contribution >= 0.6 is 0 Å². The first kappa shape index (κ1) is 13.7. The number of methoxy groups -OCH3 is 1. The van der Waals surface area contributed by atoms with E-state index in [-0.39, 0.29) is 6.04 Å². The quantitative estimate of drug-likeness (QED) is 0.904. The maximum Gasteiger partial charge on any atom is 0.162 e. The molecule has 0 bridgehead atoms. The van der Waals surface area contributed by atoms with E-state index in [2.05, 4.69) is 11.4 Å². The van der Waals surface area contributed by atoms with Crippen LogP contribution in [0.1, 0.15) is 19.4 Å². The van der Waals surface area contributed by atoms with Crippen LogP contribution in [0.3, 0.4) is 0 Å². The number of anilines is 1. The lowest BCUT2D eigenvalue weighted by atomic mass is 10.1. The Hall–Kier alpha value is -1.77. The topological polar surface area (TPSA) is 63.5 Å². The molecule has 0 spiro atoms. The fraction of sp³-hybridized carbons (Fsp3) is 0.500. The third-order valence-electron chi connectivity index (χ3n) is 2.98. The van der Waals surface area contributed by atoms with Gasteiger partial charge in [-0.2, -0.15) is 5.26 Å². The maximum absolute atomic E-state index is 9.14. The number of nitrogens with one attached hydrogen (secondary N) is 1. The smallest absolute Gasteiger partial charge is 0.162 e. The van der Waals surface area contributed by atoms with Gasteiger partial charge in [0.15, 0.2) is 5.79 Å². The first-order valence-electron chi connectivity index (χ1n) is 6.17. The molecule has 0 radical (unpaired) electrons. The molecule has 5 heteroatoms. The number of para-hydroxylation sites is 1. The average Bonchev–Trinajstić information content (AvgIpc) is 2.41. The Morgan fingerprint density at radius 3 is 2.63 bits per heavy atom. The van der Waals surface area contributed by atoms with Crippen LogP contribution in [0.25, 0.3) is 0 Å². The highest BCUT2D eigenvalue weighted by Gasteiger charge is 2.29. The fourth-order valence-electron chi connectivity index (χ4n) is 1.92. The molecule has 19 heavy (non-hydrogen) atoms. The lowest BCUT2D eigenvalue weighted by Crippen LogP contribution is -2.45. The number of rotatable bonds is 3. The Kier molecular flexibility index (Phi) is 3.93. The van der Waals surface area contributed by atoms with Gasteiger partial charge in [-0.25, -0.2) is 0 Å². The van der Waals surface area contributed by atoms with Crippen molar-refractivity contribution >= 4 is 5.69 Å². The molecule has 0 unspecified atom stereocenters. The Balaban J connectivity index is 2.13. The zero-order valence-corrected chi connectivity index (χ0v) is 11.4. The van der Waals surface area contributed by atoms with Gasteiger partial charge in [-0.3, -0.25) is 0 Å². The number of benzene rings is 1. The maximum atomic E-state index is 9.14. The van der Waals surface area contributed by atoms with E-state index in [1.165, 1.54) is 0 Å². The minimum Gasteiger partial charge on any atom is -0.495 e. The normalized spacial score (nSPS) is 18.6.